The van der Waals surface area contributed by atoms with Gasteiger partial charge in [0.05, 0.1) is 10.4 Å². The van der Waals surface area contributed by atoms with Crippen molar-refractivity contribution in [2.24, 2.45) is 0 Å². The first-order valence-electron chi connectivity index (χ1n) is 7.12. The molecule has 0 aliphatic heterocycles. The maximum atomic E-state index is 12.5. The van der Waals surface area contributed by atoms with Crippen LogP contribution in [0.4, 0.5) is 23.8 Å². The van der Waals surface area contributed by atoms with Gasteiger partial charge in [0, 0.05) is 16.0 Å². The normalized spacial score (nSPS) is 11.2. The molecule has 134 valence electrons. The van der Waals surface area contributed by atoms with Crippen molar-refractivity contribution in [1.82, 2.24) is 10.3 Å². The van der Waals surface area contributed by atoms with Gasteiger partial charge in [0.1, 0.15) is 5.82 Å². The van der Waals surface area contributed by atoms with Gasteiger partial charge in [0.2, 0.25) is 0 Å². The minimum absolute atomic E-state index is 0.103. The number of nitrogens with zero attached hydrogens (tertiary/aromatic N) is 1. The Labute approximate surface area is 153 Å². The lowest BCUT2D eigenvalue weighted by molar-refractivity contribution is -0.137. The second-order valence-electron chi connectivity index (χ2n) is 4.98. The monoisotopic (exact) mass is 397 g/mol. The van der Waals surface area contributed by atoms with Crippen molar-refractivity contribution < 1.29 is 22.8 Å². The van der Waals surface area contributed by atoms with Crippen LogP contribution in [0, 0.1) is 0 Å². The van der Waals surface area contributed by atoms with E-state index in [9.17, 15) is 22.8 Å². The molecule has 0 saturated carbocycles. The minimum atomic E-state index is -4.51. The number of imide groups is 1. The van der Waals surface area contributed by atoms with E-state index in [-0.39, 0.29) is 5.82 Å². The van der Waals surface area contributed by atoms with Gasteiger partial charge in [-0.05, 0) is 35.7 Å². The number of hydrogen-bond acceptors (Lipinski definition) is 5. The van der Waals surface area contributed by atoms with E-state index in [2.05, 4.69) is 15.6 Å². The highest BCUT2D eigenvalue weighted by Crippen LogP contribution is 2.31. The summed E-state index contributed by atoms with van der Waals surface area (Å²) in [6, 6.07) is 8.10. The van der Waals surface area contributed by atoms with E-state index in [1.54, 1.807) is 12.1 Å². The number of nitrogens with one attached hydrogen (secondary N) is 2. The lowest BCUT2D eigenvalue weighted by Crippen LogP contribution is -2.34. The second kappa shape index (κ2) is 7.26. The van der Waals surface area contributed by atoms with E-state index in [1.807, 2.05) is 17.5 Å². The van der Waals surface area contributed by atoms with Crippen LogP contribution in [0.5, 0.6) is 0 Å². The molecular formula is C16H10F3N3O2S2. The van der Waals surface area contributed by atoms with Crippen LogP contribution >= 0.6 is 22.7 Å². The summed E-state index contributed by atoms with van der Waals surface area (Å²) in [6.45, 7) is 0. The fraction of sp³-hybridized carbons (Fsp3) is 0.0625. The molecule has 5 nitrogen and oxygen atoms in total. The summed E-state index contributed by atoms with van der Waals surface area (Å²) in [5.74, 6) is -0.712. The SMILES string of the molecule is O=C(NC(=O)c1ccc(-c2cccs2)s1)Nc1ccc(C(F)(F)F)cn1. The zero-order valence-electron chi connectivity index (χ0n) is 12.8. The van der Waals surface area contributed by atoms with Gasteiger partial charge < -0.3 is 0 Å². The Kier molecular flexibility index (Phi) is 5.05. The average Bonchev–Trinajstić information content (AvgIpc) is 3.26. The maximum absolute atomic E-state index is 12.5. The number of pyridine rings is 1. The Bertz CT molecular complexity index is 919. The zero-order valence-corrected chi connectivity index (χ0v) is 14.5. The van der Waals surface area contributed by atoms with Crippen LogP contribution in [-0.2, 0) is 6.18 Å². The first kappa shape index (κ1) is 18.1. The van der Waals surface area contributed by atoms with E-state index in [0.717, 1.165) is 21.9 Å². The number of urea groups is 1. The lowest BCUT2D eigenvalue weighted by Gasteiger charge is -2.08. The van der Waals surface area contributed by atoms with Crippen LogP contribution in [0.25, 0.3) is 9.75 Å². The summed E-state index contributed by atoms with van der Waals surface area (Å²) >= 11 is 2.76. The van der Waals surface area contributed by atoms with Crippen LogP contribution in [0.2, 0.25) is 0 Å². The predicted octanol–water partition coefficient (Wildman–Crippen LogP) is 4.85. The number of hydrogen-bond donors (Lipinski definition) is 2. The molecule has 0 aliphatic rings. The van der Waals surface area contributed by atoms with Gasteiger partial charge in [-0.25, -0.2) is 9.78 Å². The fourth-order valence-electron chi connectivity index (χ4n) is 1.96. The van der Waals surface area contributed by atoms with E-state index in [1.165, 1.54) is 22.7 Å². The largest absolute Gasteiger partial charge is 0.417 e. The lowest BCUT2D eigenvalue weighted by atomic mass is 10.3. The first-order chi connectivity index (χ1) is 12.3. The van der Waals surface area contributed by atoms with Crippen molar-refractivity contribution in [2.45, 2.75) is 6.18 Å². The van der Waals surface area contributed by atoms with Gasteiger partial charge in [-0.1, -0.05) is 6.07 Å². The molecule has 3 aromatic heterocycles. The number of alkyl halides is 3. The van der Waals surface area contributed by atoms with Crippen LogP contribution < -0.4 is 10.6 Å². The molecule has 3 amide bonds. The van der Waals surface area contributed by atoms with Crippen molar-refractivity contribution >= 4 is 40.4 Å². The smallest absolute Gasteiger partial charge is 0.292 e. The highest BCUT2D eigenvalue weighted by Gasteiger charge is 2.30. The predicted molar refractivity (Wildman–Crippen MR) is 93.4 cm³/mol. The summed E-state index contributed by atoms with van der Waals surface area (Å²) in [5.41, 5.74) is -0.931. The Hall–Kier alpha value is -2.72. The van der Waals surface area contributed by atoms with Crippen LogP contribution in [0.3, 0.4) is 0 Å². The van der Waals surface area contributed by atoms with E-state index in [4.69, 9.17) is 0 Å². The van der Waals surface area contributed by atoms with Crippen LogP contribution in [0.15, 0.2) is 48.0 Å². The van der Waals surface area contributed by atoms with Crippen molar-refractivity contribution in [3.05, 3.63) is 58.4 Å². The van der Waals surface area contributed by atoms with E-state index < -0.39 is 23.7 Å². The molecule has 0 unspecified atom stereocenters. The Morgan fingerprint density at radius 3 is 2.46 bits per heavy atom. The van der Waals surface area contributed by atoms with Crippen LogP contribution in [-0.4, -0.2) is 16.9 Å². The summed E-state index contributed by atoms with van der Waals surface area (Å²) < 4.78 is 37.4. The number of anilines is 1. The minimum Gasteiger partial charge on any atom is -0.292 e. The highest BCUT2D eigenvalue weighted by atomic mass is 32.1. The highest BCUT2D eigenvalue weighted by molar-refractivity contribution is 7.22. The molecule has 0 aromatic carbocycles. The Balaban J connectivity index is 1.60. The standard InChI is InChI=1S/C16H10F3N3O2S2/c17-16(18,19)9-3-6-13(20-8-9)21-15(24)22-14(23)12-5-4-11(26-12)10-2-1-7-25-10/h1-8H,(H2,20,21,22,23,24). The molecule has 0 spiro atoms. The molecule has 10 heteroatoms. The molecule has 3 heterocycles. The summed E-state index contributed by atoms with van der Waals surface area (Å²) in [5, 5.41) is 6.24. The summed E-state index contributed by atoms with van der Waals surface area (Å²) in [6.07, 6.45) is -3.91. The molecule has 0 radical (unpaired) electrons. The molecule has 3 aromatic rings. The molecule has 2 N–H and O–H groups in total. The van der Waals surface area contributed by atoms with E-state index >= 15 is 0 Å². The number of carbonyl (C=O) groups is 2. The third kappa shape index (κ3) is 4.27. The number of amides is 3. The van der Waals surface area contributed by atoms with Crippen LogP contribution in [0.1, 0.15) is 15.2 Å². The number of carbonyl (C=O) groups excluding carboxylic acids is 2. The van der Waals surface area contributed by atoms with E-state index in [0.29, 0.717) is 11.1 Å². The topological polar surface area (TPSA) is 71.1 Å². The third-order valence-corrected chi connectivity index (χ3v) is 5.30. The van der Waals surface area contributed by atoms with Crippen molar-refractivity contribution in [2.75, 3.05) is 5.32 Å². The number of thiophene rings is 2. The Morgan fingerprint density at radius 2 is 1.85 bits per heavy atom. The Morgan fingerprint density at radius 1 is 1.04 bits per heavy atom. The molecule has 0 aliphatic carbocycles. The molecular weight excluding hydrogens is 387 g/mol. The zero-order chi connectivity index (χ0) is 18.7. The maximum Gasteiger partial charge on any atom is 0.417 e. The fourth-order valence-corrected chi connectivity index (χ4v) is 3.69. The molecule has 0 bridgehead atoms. The van der Waals surface area contributed by atoms with Gasteiger partial charge in [-0.3, -0.25) is 15.4 Å². The molecule has 26 heavy (non-hydrogen) atoms. The van der Waals surface area contributed by atoms with Gasteiger partial charge in [0.15, 0.2) is 0 Å². The number of rotatable bonds is 3. The molecule has 0 fully saturated rings. The molecule has 3 rings (SSSR count). The summed E-state index contributed by atoms with van der Waals surface area (Å²) in [7, 11) is 0. The average molecular weight is 397 g/mol. The van der Waals surface area contributed by atoms with Gasteiger partial charge >= 0.3 is 12.2 Å². The van der Waals surface area contributed by atoms with Crippen molar-refractivity contribution in [3.8, 4) is 9.75 Å². The first-order valence-corrected chi connectivity index (χ1v) is 8.82. The van der Waals surface area contributed by atoms with Gasteiger partial charge in [0.25, 0.3) is 5.91 Å². The van der Waals surface area contributed by atoms with Gasteiger partial charge in [-0.2, -0.15) is 13.2 Å². The van der Waals surface area contributed by atoms with Gasteiger partial charge in [-0.15, -0.1) is 22.7 Å². The second-order valence-corrected chi connectivity index (χ2v) is 7.01. The third-order valence-electron chi connectivity index (χ3n) is 3.15. The quantitative estimate of drug-likeness (QED) is 0.664. The summed E-state index contributed by atoms with van der Waals surface area (Å²) in [4.78, 5) is 29.6. The number of aromatic nitrogens is 1. The van der Waals surface area contributed by atoms with Crippen molar-refractivity contribution in [3.63, 3.8) is 0 Å². The number of halogens is 3. The molecule has 0 atom stereocenters. The van der Waals surface area contributed by atoms with Crippen molar-refractivity contribution in [1.29, 1.82) is 0 Å². The molecule has 0 saturated heterocycles.